The Hall–Kier alpha value is -2.09. The molecule has 0 atom stereocenters. The molecule has 3 rings (SSSR count). The number of carbonyl (C=O) groups excluding carboxylic acids is 2. The van der Waals surface area contributed by atoms with Gasteiger partial charge in [-0.2, -0.15) is 0 Å². The lowest BCUT2D eigenvalue weighted by Crippen LogP contribution is -2.33. The van der Waals surface area contributed by atoms with E-state index in [0.29, 0.717) is 9.33 Å². The number of sulfonamides is 1. The normalized spacial score (nSPS) is 17.6. The van der Waals surface area contributed by atoms with Gasteiger partial charge in [0.2, 0.25) is 15.9 Å². The smallest absolute Gasteiger partial charge is 0.251 e. The van der Waals surface area contributed by atoms with Crippen LogP contribution in [-0.4, -0.2) is 26.0 Å². The third kappa shape index (κ3) is 3.87. The molecular weight excluding hydrogens is 423 g/mol. The predicted molar refractivity (Wildman–Crippen MR) is 109 cm³/mol. The van der Waals surface area contributed by atoms with Crippen LogP contribution in [0.4, 0.5) is 5.69 Å². The number of benzene rings is 2. The molecule has 6 nitrogen and oxygen atoms in total. The number of anilines is 1. The van der Waals surface area contributed by atoms with Crippen LogP contribution < -0.4 is 9.62 Å². The van der Waals surface area contributed by atoms with Crippen LogP contribution in [0.15, 0.2) is 42.5 Å². The molecule has 28 heavy (non-hydrogen) atoms. The van der Waals surface area contributed by atoms with Crippen molar-refractivity contribution in [3.8, 4) is 0 Å². The van der Waals surface area contributed by atoms with Crippen LogP contribution in [0.25, 0.3) is 0 Å². The Bertz CT molecular complexity index is 1070. The second kappa shape index (κ2) is 7.39. The maximum absolute atomic E-state index is 12.6. The number of rotatable bonds is 4. The van der Waals surface area contributed by atoms with Gasteiger partial charge >= 0.3 is 0 Å². The third-order valence-electron chi connectivity index (χ3n) is 4.41. The number of hydrogen-bond donors (Lipinski definition) is 1. The molecule has 0 spiro atoms. The fourth-order valence-corrected chi connectivity index (χ4v) is 5.54. The van der Waals surface area contributed by atoms with Crippen molar-refractivity contribution in [2.24, 2.45) is 5.41 Å². The maximum Gasteiger partial charge on any atom is 0.251 e. The Morgan fingerprint density at radius 1 is 1.14 bits per heavy atom. The zero-order valence-electron chi connectivity index (χ0n) is 15.2. The lowest BCUT2D eigenvalue weighted by atomic mass is 9.95. The van der Waals surface area contributed by atoms with E-state index in [1.165, 1.54) is 18.2 Å². The average molecular weight is 441 g/mol. The van der Waals surface area contributed by atoms with Crippen LogP contribution >= 0.6 is 23.2 Å². The Kier molecular flexibility index (Phi) is 5.44. The molecule has 0 unspecified atom stereocenters. The van der Waals surface area contributed by atoms with Gasteiger partial charge in [-0.1, -0.05) is 41.4 Å². The highest BCUT2D eigenvalue weighted by Gasteiger charge is 2.50. The monoisotopic (exact) mass is 440 g/mol. The zero-order valence-corrected chi connectivity index (χ0v) is 17.5. The van der Waals surface area contributed by atoms with E-state index < -0.39 is 27.3 Å². The van der Waals surface area contributed by atoms with Crippen molar-refractivity contribution in [3.63, 3.8) is 0 Å². The topological polar surface area (TPSA) is 83.6 Å². The fraction of sp³-hybridized carbons (Fsp3) is 0.263. The van der Waals surface area contributed by atoms with Gasteiger partial charge in [-0.3, -0.25) is 9.59 Å². The summed E-state index contributed by atoms with van der Waals surface area (Å²) in [6.07, 6.45) is 0. The van der Waals surface area contributed by atoms with Crippen molar-refractivity contribution in [1.29, 1.82) is 0 Å². The zero-order chi connectivity index (χ0) is 20.7. The molecular formula is C19H18Cl2N2O4S. The van der Waals surface area contributed by atoms with Crippen LogP contribution in [0.5, 0.6) is 0 Å². The van der Waals surface area contributed by atoms with Gasteiger partial charge in [-0.15, -0.1) is 0 Å². The Balaban J connectivity index is 1.89. The van der Waals surface area contributed by atoms with Crippen molar-refractivity contribution in [2.45, 2.75) is 20.4 Å². The van der Waals surface area contributed by atoms with E-state index in [1.807, 2.05) is 0 Å². The minimum absolute atomic E-state index is 0.0253. The van der Waals surface area contributed by atoms with Gasteiger partial charge in [0, 0.05) is 17.1 Å². The lowest BCUT2D eigenvalue weighted by Gasteiger charge is -2.19. The molecule has 0 bridgehead atoms. The highest BCUT2D eigenvalue weighted by Crippen LogP contribution is 2.39. The predicted octanol–water partition coefficient (Wildman–Crippen LogP) is 3.63. The summed E-state index contributed by atoms with van der Waals surface area (Å²) in [6, 6.07) is 11.3. The van der Waals surface area contributed by atoms with E-state index in [1.54, 1.807) is 38.1 Å². The molecule has 1 aliphatic heterocycles. The lowest BCUT2D eigenvalue weighted by molar-refractivity contribution is -0.123. The number of nitrogens with one attached hydrogen (secondary N) is 1. The number of carbonyl (C=O) groups is 2. The van der Waals surface area contributed by atoms with Gasteiger partial charge in [0.25, 0.3) is 5.91 Å². The number of nitrogens with zero attached hydrogens (tertiary/aromatic N) is 1. The molecule has 2 aromatic carbocycles. The first-order valence-corrected chi connectivity index (χ1v) is 10.8. The van der Waals surface area contributed by atoms with Crippen molar-refractivity contribution >= 4 is 50.7 Å². The maximum atomic E-state index is 12.6. The first kappa shape index (κ1) is 20.6. The quantitative estimate of drug-likeness (QED) is 0.786. The minimum atomic E-state index is -3.87. The van der Waals surface area contributed by atoms with Crippen LogP contribution in [0.3, 0.4) is 0 Å². The van der Waals surface area contributed by atoms with Crippen molar-refractivity contribution in [3.05, 3.63) is 63.6 Å². The molecule has 1 N–H and O–H groups in total. The molecule has 1 fully saturated rings. The summed E-state index contributed by atoms with van der Waals surface area (Å²) in [5.74, 6) is -1.35. The summed E-state index contributed by atoms with van der Waals surface area (Å²) in [4.78, 5) is 25.1. The first-order valence-electron chi connectivity index (χ1n) is 8.41. The van der Waals surface area contributed by atoms with E-state index in [4.69, 9.17) is 23.2 Å². The van der Waals surface area contributed by atoms with Crippen molar-refractivity contribution in [1.82, 2.24) is 5.32 Å². The highest BCUT2D eigenvalue weighted by atomic mass is 35.5. The SMILES string of the molecule is CC1(C)CS(=O)(=O)N(c2cc(C(=O)NCc3ccccc3Cl)ccc2Cl)C1=O. The molecule has 0 aliphatic carbocycles. The number of hydrogen-bond acceptors (Lipinski definition) is 4. The second-order valence-electron chi connectivity index (χ2n) is 7.15. The van der Waals surface area contributed by atoms with Crippen LogP contribution in [-0.2, 0) is 21.4 Å². The van der Waals surface area contributed by atoms with Gasteiger partial charge in [-0.25, -0.2) is 12.7 Å². The molecule has 0 radical (unpaired) electrons. The van der Waals surface area contributed by atoms with Gasteiger partial charge in [-0.05, 0) is 43.7 Å². The summed E-state index contributed by atoms with van der Waals surface area (Å²) in [5, 5.41) is 3.31. The molecule has 1 saturated heterocycles. The number of amides is 2. The van der Waals surface area contributed by atoms with Gasteiger partial charge in [0.1, 0.15) is 0 Å². The Labute approximate surface area is 173 Å². The van der Waals surface area contributed by atoms with E-state index in [2.05, 4.69) is 5.32 Å². The first-order chi connectivity index (χ1) is 13.0. The molecule has 0 aromatic heterocycles. The fourth-order valence-electron chi connectivity index (χ4n) is 2.97. The van der Waals surface area contributed by atoms with Crippen LogP contribution in [0.2, 0.25) is 10.0 Å². The summed E-state index contributed by atoms with van der Waals surface area (Å²) >= 11 is 12.2. The molecule has 2 amide bonds. The van der Waals surface area contributed by atoms with E-state index >= 15 is 0 Å². The van der Waals surface area contributed by atoms with Crippen LogP contribution in [0, 0.1) is 5.41 Å². The molecule has 1 aliphatic rings. The average Bonchev–Trinajstić information content (AvgIpc) is 2.77. The molecule has 2 aromatic rings. The number of halogens is 2. The highest BCUT2D eigenvalue weighted by molar-refractivity contribution is 7.94. The van der Waals surface area contributed by atoms with Crippen molar-refractivity contribution < 1.29 is 18.0 Å². The molecule has 0 saturated carbocycles. The van der Waals surface area contributed by atoms with Gasteiger partial charge in [0.05, 0.1) is 21.9 Å². The minimum Gasteiger partial charge on any atom is -0.348 e. The Morgan fingerprint density at radius 3 is 2.43 bits per heavy atom. The molecule has 148 valence electrons. The van der Waals surface area contributed by atoms with E-state index in [0.717, 1.165) is 5.56 Å². The molecule has 9 heteroatoms. The second-order valence-corrected chi connectivity index (χ2v) is 9.78. The summed E-state index contributed by atoms with van der Waals surface area (Å²) in [7, 11) is -3.87. The van der Waals surface area contributed by atoms with Crippen LogP contribution in [0.1, 0.15) is 29.8 Å². The summed E-state index contributed by atoms with van der Waals surface area (Å²) < 4.78 is 25.7. The summed E-state index contributed by atoms with van der Waals surface area (Å²) in [5.41, 5.74) is -0.169. The van der Waals surface area contributed by atoms with Gasteiger partial charge in [0.15, 0.2) is 0 Å². The van der Waals surface area contributed by atoms with E-state index in [9.17, 15) is 18.0 Å². The largest absolute Gasteiger partial charge is 0.348 e. The van der Waals surface area contributed by atoms with Crippen molar-refractivity contribution in [2.75, 3.05) is 10.1 Å². The van der Waals surface area contributed by atoms with Gasteiger partial charge < -0.3 is 5.32 Å². The molecule has 1 heterocycles. The van der Waals surface area contributed by atoms with E-state index in [-0.39, 0.29) is 28.6 Å². The standard InChI is InChI=1S/C19H18Cl2N2O4S/c1-19(2)11-28(26,27)23(18(19)25)16-9-12(7-8-15(16)21)17(24)22-10-13-5-3-4-6-14(13)20/h3-9H,10-11H2,1-2H3,(H,22,24). The third-order valence-corrected chi connectivity index (χ3v) is 7.10. The Morgan fingerprint density at radius 2 is 1.82 bits per heavy atom. The summed E-state index contributed by atoms with van der Waals surface area (Å²) in [6.45, 7) is 3.31.